The average molecular weight is 289 g/mol. The third kappa shape index (κ3) is 4.70. The maximum atomic E-state index is 4.66. The minimum atomic E-state index is 0.363. The van der Waals surface area contributed by atoms with E-state index in [9.17, 15) is 0 Å². The Kier molecular flexibility index (Phi) is 6.50. The van der Waals surface area contributed by atoms with Gasteiger partial charge >= 0.3 is 0 Å². The Bertz CT molecular complexity index is 413. The Morgan fingerprint density at radius 1 is 1.33 bits per heavy atom. The van der Waals surface area contributed by atoms with Crippen molar-refractivity contribution >= 4 is 5.82 Å². The highest BCUT2D eigenvalue weighted by Gasteiger charge is 2.19. The summed E-state index contributed by atoms with van der Waals surface area (Å²) in [5, 5.41) is 3.58. The summed E-state index contributed by atoms with van der Waals surface area (Å²) in [6.45, 7) is 6.65. The maximum Gasteiger partial charge on any atom is 0.133 e. The van der Waals surface area contributed by atoms with Crippen LogP contribution in [0.2, 0.25) is 0 Å². The fourth-order valence-corrected chi connectivity index (χ4v) is 3.38. The summed E-state index contributed by atoms with van der Waals surface area (Å²) < 4.78 is 0. The van der Waals surface area contributed by atoms with Crippen LogP contribution in [0.3, 0.4) is 0 Å². The third-order valence-electron chi connectivity index (χ3n) is 4.60. The SMILES string of the molecule is CCCNC(C)c1cccnc1N(C)CC1CCCCC1. The van der Waals surface area contributed by atoms with Gasteiger partial charge in [-0.1, -0.05) is 32.3 Å². The van der Waals surface area contributed by atoms with E-state index in [1.54, 1.807) is 0 Å². The molecule has 0 amide bonds. The summed E-state index contributed by atoms with van der Waals surface area (Å²) in [4.78, 5) is 7.03. The van der Waals surface area contributed by atoms with Crippen molar-refractivity contribution < 1.29 is 0 Å². The standard InChI is InChI=1S/C18H31N3/c1-4-12-19-15(2)17-11-8-13-20-18(17)21(3)14-16-9-6-5-7-10-16/h8,11,13,15-16,19H,4-7,9-10,12,14H2,1-3H3. The van der Waals surface area contributed by atoms with Crippen LogP contribution < -0.4 is 10.2 Å². The number of nitrogens with one attached hydrogen (secondary N) is 1. The molecule has 3 nitrogen and oxygen atoms in total. The summed E-state index contributed by atoms with van der Waals surface area (Å²) in [7, 11) is 2.20. The average Bonchev–Trinajstić information content (AvgIpc) is 2.53. The molecule has 0 aliphatic heterocycles. The van der Waals surface area contributed by atoms with Crippen molar-refractivity contribution in [1.82, 2.24) is 10.3 Å². The fraction of sp³-hybridized carbons (Fsp3) is 0.722. The van der Waals surface area contributed by atoms with Gasteiger partial charge in [-0.25, -0.2) is 4.98 Å². The fourth-order valence-electron chi connectivity index (χ4n) is 3.38. The van der Waals surface area contributed by atoms with E-state index >= 15 is 0 Å². The van der Waals surface area contributed by atoms with Crippen molar-refractivity contribution in [2.75, 3.05) is 25.0 Å². The zero-order valence-corrected chi connectivity index (χ0v) is 13.9. The molecule has 1 unspecified atom stereocenters. The lowest BCUT2D eigenvalue weighted by Gasteiger charge is -2.30. The predicted octanol–water partition coefficient (Wildman–Crippen LogP) is 4.16. The van der Waals surface area contributed by atoms with E-state index in [2.05, 4.69) is 48.2 Å². The van der Waals surface area contributed by atoms with Crippen LogP contribution in [-0.2, 0) is 0 Å². The molecule has 0 aromatic carbocycles. The highest BCUT2D eigenvalue weighted by Crippen LogP contribution is 2.28. The van der Waals surface area contributed by atoms with Crippen molar-refractivity contribution in [3.63, 3.8) is 0 Å². The van der Waals surface area contributed by atoms with E-state index in [4.69, 9.17) is 0 Å². The second kappa shape index (κ2) is 8.38. The smallest absolute Gasteiger partial charge is 0.133 e. The minimum absolute atomic E-state index is 0.363. The van der Waals surface area contributed by atoms with Gasteiger partial charge < -0.3 is 10.2 Å². The Hall–Kier alpha value is -1.09. The molecular weight excluding hydrogens is 258 g/mol. The Labute approximate surface area is 130 Å². The number of anilines is 1. The van der Waals surface area contributed by atoms with Gasteiger partial charge in [-0.15, -0.1) is 0 Å². The van der Waals surface area contributed by atoms with E-state index in [0.717, 1.165) is 31.2 Å². The van der Waals surface area contributed by atoms with E-state index in [0.29, 0.717) is 6.04 Å². The summed E-state index contributed by atoms with van der Waals surface area (Å²) in [5.41, 5.74) is 1.32. The van der Waals surface area contributed by atoms with Gasteiger partial charge in [-0.2, -0.15) is 0 Å². The van der Waals surface area contributed by atoms with Crippen molar-refractivity contribution in [3.8, 4) is 0 Å². The molecule has 2 rings (SSSR count). The molecule has 1 aromatic heterocycles. The molecule has 0 bridgehead atoms. The van der Waals surface area contributed by atoms with E-state index in [1.165, 1.54) is 37.7 Å². The molecule has 21 heavy (non-hydrogen) atoms. The van der Waals surface area contributed by atoms with Crippen molar-refractivity contribution in [2.45, 2.75) is 58.4 Å². The van der Waals surface area contributed by atoms with Crippen molar-refractivity contribution in [3.05, 3.63) is 23.9 Å². The number of hydrogen-bond acceptors (Lipinski definition) is 3. The molecule has 1 heterocycles. The number of nitrogens with zero attached hydrogens (tertiary/aromatic N) is 2. The molecule has 1 aromatic rings. The molecule has 3 heteroatoms. The normalized spacial score (nSPS) is 17.7. The summed E-state index contributed by atoms with van der Waals surface area (Å²) in [6.07, 6.45) is 10.1. The first-order valence-electron chi connectivity index (χ1n) is 8.61. The van der Waals surface area contributed by atoms with E-state index in [-0.39, 0.29) is 0 Å². The second-order valence-electron chi connectivity index (χ2n) is 6.48. The van der Waals surface area contributed by atoms with Gasteiger partial charge in [0.2, 0.25) is 0 Å². The summed E-state index contributed by atoms with van der Waals surface area (Å²) in [6, 6.07) is 4.63. The molecule has 118 valence electrons. The molecular formula is C18H31N3. The highest BCUT2D eigenvalue weighted by atomic mass is 15.2. The van der Waals surface area contributed by atoms with Gasteiger partial charge in [0, 0.05) is 31.4 Å². The number of pyridine rings is 1. The summed E-state index contributed by atoms with van der Waals surface area (Å²) in [5.74, 6) is 2.00. The van der Waals surface area contributed by atoms with Crippen LogP contribution in [0.1, 0.15) is 64.0 Å². The molecule has 1 N–H and O–H groups in total. The molecule has 1 atom stereocenters. The van der Waals surface area contributed by atoms with Crippen LogP contribution in [0.25, 0.3) is 0 Å². The lowest BCUT2D eigenvalue weighted by molar-refractivity contribution is 0.361. The lowest BCUT2D eigenvalue weighted by atomic mass is 9.89. The van der Waals surface area contributed by atoms with E-state index in [1.807, 2.05) is 6.20 Å². The quantitative estimate of drug-likeness (QED) is 0.817. The first-order valence-corrected chi connectivity index (χ1v) is 8.61. The first-order chi connectivity index (χ1) is 10.2. The Balaban J connectivity index is 2.03. The Morgan fingerprint density at radius 2 is 2.10 bits per heavy atom. The van der Waals surface area contributed by atoms with Crippen LogP contribution >= 0.6 is 0 Å². The highest BCUT2D eigenvalue weighted by molar-refractivity contribution is 5.47. The molecule has 1 aliphatic rings. The van der Waals surface area contributed by atoms with Crippen LogP contribution in [0, 0.1) is 5.92 Å². The topological polar surface area (TPSA) is 28.2 Å². The van der Waals surface area contributed by atoms with Crippen LogP contribution in [0.15, 0.2) is 18.3 Å². The number of aromatic nitrogens is 1. The molecule has 1 saturated carbocycles. The monoisotopic (exact) mass is 289 g/mol. The van der Waals surface area contributed by atoms with Gasteiger partial charge in [-0.05, 0) is 44.7 Å². The lowest BCUT2D eigenvalue weighted by Crippen LogP contribution is -2.30. The van der Waals surface area contributed by atoms with Gasteiger partial charge in [0.05, 0.1) is 0 Å². The number of hydrogen-bond donors (Lipinski definition) is 1. The molecule has 1 aliphatic carbocycles. The van der Waals surface area contributed by atoms with Gasteiger partial charge in [0.25, 0.3) is 0 Å². The van der Waals surface area contributed by atoms with Gasteiger partial charge in [-0.3, -0.25) is 0 Å². The van der Waals surface area contributed by atoms with Crippen LogP contribution in [0.5, 0.6) is 0 Å². The largest absolute Gasteiger partial charge is 0.359 e. The maximum absolute atomic E-state index is 4.66. The Morgan fingerprint density at radius 3 is 2.81 bits per heavy atom. The number of rotatable bonds is 7. The van der Waals surface area contributed by atoms with Crippen molar-refractivity contribution in [1.29, 1.82) is 0 Å². The molecule has 0 spiro atoms. The van der Waals surface area contributed by atoms with Crippen LogP contribution in [0.4, 0.5) is 5.82 Å². The van der Waals surface area contributed by atoms with E-state index < -0.39 is 0 Å². The summed E-state index contributed by atoms with van der Waals surface area (Å²) >= 11 is 0. The van der Waals surface area contributed by atoms with Crippen molar-refractivity contribution in [2.24, 2.45) is 5.92 Å². The zero-order valence-electron chi connectivity index (χ0n) is 13.9. The molecule has 1 fully saturated rings. The van der Waals surface area contributed by atoms with Gasteiger partial charge in [0.1, 0.15) is 5.82 Å². The molecule has 0 saturated heterocycles. The van der Waals surface area contributed by atoms with Gasteiger partial charge in [0.15, 0.2) is 0 Å². The molecule has 0 radical (unpaired) electrons. The third-order valence-corrected chi connectivity index (χ3v) is 4.60. The zero-order chi connectivity index (χ0) is 15.1. The van der Waals surface area contributed by atoms with Crippen LogP contribution in [-0.4, -0.2) is 25.1 Å². The predicted molar refractivity (Wildman–Crippen MR) is 90.8 cm³/mol. The second-order valence-corrected chi connectivity index (χ2v) is 6.48. The minimum Gasteiger partial charge on any atom is -0.359 e. The first kappa shape index (κ1) is 16.3.